The zero-order valence-corrected chi connectivity index (χ0v) is 10.9. The van der Waals surface area contributed by atoms with Crippen LogP contribution in [-0.4, -0.2) is 14.8 Å². The Kier molecular flexibility index (Phi) is 3.29. The van der Waals surface area contributed by atoms with E-state index in [1.807, 2.05) is 59.5 Å². The Labute approximate surface area is 116 Å². The number of hydrogen-bond donors (Lipinski definition) is 0. The topological polar surface area (TPSA) is 30.7 Å². The van der Waals surface area contributed by atoms with Gasteiger partial charge in [0, 0.05) is 29.8 Å². The lowest BCUT2D eigenvalue weighted by Gasteiger charge is -2.18. The molecule has 19 heavy (non-hydrogen) atoms. The Morgan fingerprint density at radius 1 is 0.947 bits per heavy atom. The van der Waals surface area contributed by atoms with E-state index >= 15 is 0 Å². The minimum absolute atomic E-state index is 0.0148. The zero-order chi connectivity index (χ0) is 13.1. The highest BCUT2D eigenvalue weighted by Crippen LogP contribution is 2.26. The first-order chi connectivity index (χ1) is 9.34. The van der Waals surface area contributed by atoms with Crippen molar-refractivity contribution < 1.29 is 0 Å². The molecule has 3 aromatic rings. The molecule has 1 aromatic carbocycles. The summed E-state index contributed by atoms with van der Waals surface area (Å²) < 4.78 is 1.92. The van der Waals surface area contributed by atoms with E-state index in [1.165, 1.54) is 0 Å². The van der Waals surface area contributed by atoms with E-state index in [1.54, 1.807) is 12.4 Å². The summed E-state index contributed by atoms with van der Waals surface area (Å²) >= 11 is 5.95. The van der Waals surface area contributed by atoms with Crippen LogP contribution in [0.5, 0.6) is 0 Å². The van der Waals surface area contributed by atoms with Crippen molar-refractivity contribution in [3.63, 3.8) is 0 Å². The quantitative estimate of drug-likeness (QED) is 0.728. The predicted octanol–water partition coefficient (Wildman–Crippen LogP) is 3.57. The molecule has 2 heterocycles. The number of aromatic nitrogens is 3. The lowest BCUT2D eigenvalue weighted by atomic mass is 10.0. The summed E-state index contributed by atoms with van der Waals surface area (Å²) in [5.41, 5.74) is 2.22. The van der Waals surface area contributed by atoms with Gasteiger partial charge >= 0.3 is 0 Å². The van der Waals surface area contributed by atoms with Crippen molar-refractivity contribution in [2.75, 3.05) is 0 Å². The van der Waals surface area contributed by atoms with Crippen molar-refractivity contribution in [3.8, 4) is 0 Å². The normalized spacial score (nSPS) is 12.3. The number of hydrogen-bond acceptors (Lipinski definition) is 2. The van der Waals surface area contributed by atoms with Crippen LogP contribution < -0.4 is 0 Å². The first-order valence-electron chi connectivity index (χ1n) is 5.99. The van der Waals surface area contributed by atoms with Gasteiger partial charge in [0.2, 0.25) is 0 Å². The second kappa shape index (κ2) is 5.24. The van der Waals surface area contributed by atoms with Crippen LogP contribution >= 0.6 is 11.6 Å². The van der Waals surface area contributed by atoms with E-state index in [0.717, 1.165) is 16.1 Å². The van der Waals surface area contributed by atoms with E-state index in [-0.39, 0.29) is 6.04 Å². The molecule has 0 spiro atoms. The lowest BCUT2D eigenvalue weighted by Crippen LogP contribution is -2.12. The first-order valence-corrected chi connectivity index (χ1v) is 6.37. The molecule has 4 heteroatoms. The summed E-state index contributed by atoms with van der Waals surface area (Å²) in [6.07, 6.45) is 7.36. The summed E-state index contributed by atoms with van der Waals surface area (Å²) in [5.74, 6) is 0. The summed E-state index contributed by atoms with van der Waals surface area (Å²) in [4.78, 5) is 4.19. The van der Waals surface area contributed by atoms with Crippen LogP contribution in [-0.2, 0) is 0 Å². The Hall–Kier alpha value is -2.13. The van der Waals surface area contributed by atoms with Crippen molar-refractivity contribution in [2.24, 2.45) is 0 Å². The molecule has 3 nitrogen and oxygen atoms in total. The van der Waals surface area contributed by atoms with E-state index in [2.05, 4.69) is 10.1 Å². The summed E-state index contributed by atoms with van der Waals surface area (Å²) in [6, 6.07) is 13.7. The van der Waals surface area contributed by atoms with Crippen LogP contribution in [0.25, 0.3) is 0 Å². The minimum atomic E-state index is 0.0148. The van der Waals surface area contributed by atoms with Gasteiger partial charge < -0.3 is 0 Å². The van der Waals surface area contributed by atoms with Gasteiger partial charge in [0.25, 0.3) is 0 Å². The van der Waals surface area contributed by atoms with E-state index < -0.39 is 0 Å². The van der Waals surface area contributed by atoms with Gasteiger partial charge in [0.15, 0.2) is 0 Å². The van der Waals surface area contributed by atoms with Crippen molar-refractivity contribution in [2.45, 2.75) is 6.04 Å². The van der Waals surface area contributed by atoms with Crippen LogP contribution in [0.3, 0.4) is 0 Å². The van der Waals surface area contributed by atoms with Gasteiger partial charge in [-0.25, -0.2) is 0 Å². The van der Waals surface area contributed by atoms with Crippen molar-refractivity contribution in [1.82, 2.24) is 14.8 Å². The van der Waals surface area contributed by atoms with Gasteiger partial charge in [-0.05, 0) is 35.4 Å². The Balaban J connectivity index is 2.10. The highest BCUT2D eigenvalue weighted by Gasteiger charge is 2.16. The second-order valence-corrected chi connectivity index (χ2v) is 4.66. The molecule has 0 N–H and O–H groups in total. The van der Waals surface area contributed by atoms with Crippen LogP contribution in [0.4, 0.5) is 0 Å². The Morgan fingerprint density at radius 2 is 1.79 bits per heavy atom. The molecule has 0 aliphatic heterocycles. The maximum absolute atomic E-state index is 5.95. The maximum Gasteiger partial charge on any atom is 0.103 e. The molecule has 0 amide bonds. The second-order valence-electron chi connectivity index (χ2n) is 4.23. The van der Waals surface area contributed by atoms with E-state index in [9.17, 15) is 0 Å². The Bertz CT molecular complexity index is 633. The van der Waals surface area contributed by atoms with Gasteiger partial charge in [0.1, 0.15) is 6.04 Å². The average Bonchev–Trinajstić information content (AvgIpc) is 2.96. The summed E-state index contributed by atoms with van der Waals surface area (Å²) in [6.45, 7) is 0. The lowest BCUT2D eigenvalue weighted by molar-refractivity contribution is 0.594. The van der Waals surface area contributed by atoms with Crippen LogP contribution in [0, 0.1) is 0 Å². The smallest absolute Gasteiger partial charge is 0.103 e. The number of nitrogens with zero attached hydrogens (tertiary/aromatic N) is 3. The van der Waals surface area contributed by atoms with Crippen molar-refractivity contribution >= 4 is 11.6 Å². The van der Waals surface area contributed by atoms with Crippen LogP contribution in [0.2, 0.25) is 5.02 Å². The molecule has 3 rings (SSSR count). The molecule has 0 aliphatic rings. The highest BCUT2D eigenvalue weighted by atomic mass is 35.5. The molecular formula is C15H12ClN3. The van der Waals surface area contributed by atoms with Crippen LogP contribution in [0.1, 0.15) is 17.2 Å². The maximum atomic E-state index is 5.95. The third-order valence-electron chi connectivity index (χ3n) is 2.98. The molecule has 1 unspecified atom stereocenters. The molecule has 0 radical (unpaired) electrons. The van der Waals surface area contributed by atoms with Gasteiger partial charge in [0.05, 0.1) is 0 Å². The zero-order valence-electron chi connectivity index (χ0n) is 10.1. The molecule has 94 valence electrons. The Morgan fingerprint density at radius 3 is 2.42 bits per heavy atom. The SMILES string of the molecule is Clc1ccc(C(c2cccnc2)n2cccn2)cc1. The van der Waals surface area contributed by atoms with Gasteiger partial charge in [-0.3, -0.25) is 9.67 Å². The molecule has 1 atom stereocenters. The summed E-state index contributed by atoms with van der Waals surface area (Å²) in [7, 11) is 0. The largest absolute Gasteiger partial charge is 0.264 e. The fourth-order valence-electron chi connectivity index (χ4n) is 2.11. The minimum Gasteiger partial charge on any atom is -0.264 e. The fraction of sp³-hybridized carbons (Fsp3) is 0.0667. The monoisotopic (exact) mass is 269 g/mol. The average molecular weight is 270 g/mol. The molecule has 0 saturated carbocycles. The van der Waals surface area contributed by atoms with Crippen molar-refractivity contribution in [3.05, 3.63) is 83.4 Å². The number of benzene rings is 1. The predicted molar refractivity (Wildman–Crippen MR) is 75.2 cm³/mol. The molecule has 2 aromatic heterocycles. The molecule has 0 fully saturated rings. The third-order valence-corrected chi connectivity index (χ3v) is 3.23. The number of rotatable bonds is 3. The highest BCUT2D eigenvalue weighted by molar-refractivity contribution is 6.30. The standard InChI is InChI=1S/C15H12ClN3/c16-14-6-4-12(5-7-14)15(19-10-2-9-18-19)13-3-1-8-17-11-13/h1-11,15H. The number of halogens is 1. The van der Waals surface area contributed by atoms with E-state index in [0.29, 0.717) is 0 Å². The third kappa shape index (κ3) is 2.51. The fourth-order valence-corrected chi connectivity index (χ4v) is 2.24. The molecule has 0 bridgehead atoms. The molecular weight excluding hydrogens is 258 g/mol. The number of pyridine rings is 1. The van der Waals surface area contributed by atoms with Gasteiger partial charge in [-0.1, -0.05) is 29.8 Å². The molecule has 0 saturated heterocycles. The van der Waals surface area contributed by atoms with E-state index in [4.69, 9.17) is 11.6 Å². The summed E-state index contributed by atoms with van der Waals surface area (Å²) in [5, 5.41) is 5.08. The van der Waals surface area contributed by atoms with Gasteiger partial charge in [-0.2, -0.15) is 5.10 Å². The first kappa shape index (κ1) is 11.9. The van der Waals surface area contributed by atoms with Crippen molar-refractivity contribution in [1.29, 1.82) is 0 Å². The van der Waals surface area contributed by atoms with Gasteiger partial charge in [-0.15, -0.1) is 0 Å². The van der Waals surface area contributed by atoms with Crippen LogP contribution in [0.15, 0.2) is 67.3 Å². The molecule has 0 aliphatic carbocycles.